The van der Waals surface area contributed by atoms with E-state index in [1.54, 1.807) is 16.8 Å². The molecule has 0 aromatic carbocycles. The van der Waals surface area contributed by atoms with E-state index in [9.17, 15) is 4.79 Å². The average molecular weight is 173 g/mol. The maximum atomic E-state index is 11.7. The summed E-state index contributed by atoms with van der Waals surface area (Å²) in [6.07, 6.45) is 7.22. The van der Waals surface area contributed by atoms with E-state index in [4.69, 9.17) is 0 Å². The highest BCUT2D eigenvalue weighted by molar-refractivity contribution is 5.51. The topological polar surface area (TPSA) is 41.7 Å². The summed E-state index contributed by atoms with van der Waals surface area (Å²) in [4.78, 5) is 14.7. The quantitative estimate of drug-likeness (QED) is 0.538. The second-order valence-corrected chi connectivity index (χ2v) is 2.95. The Labute approximate surface area is 73.0 Å². The van der Waals surface area contributed by atoms with Gasteiger partial charge in [0.25, 0.3) is 5.56 Å². The number of aromatic amines is 1. The van der Waals surface area contributed by atoms with Gasteiger partial charge in [0.05, 0.1) is 6.20 Å². The zero-order valence-electron chi connectivity index (χ0n) is 6.77. The van der Waals surface area contributed by atoms with Crippen molar-refractivity contribution in [1.29, 1.82) is 0 Å². The summed E-state index contributed by atoms with van der Waals surface area (Å²) in [5, 5.41) is 0. The Balaban J connectivity index is 2.76. The molecule has 0 saturated carbocycles. The van der Waals surface area contributed by atoms with Gasteiger partial charge in [0.2, 0.25) is 0 Å². The highest BCUT2D eigenvalue weighted by Gasteiger charge is 2.02. The molecule has 0 aliphatic heterocycles. The minimum absolute atomic E-state index is 0.00347. The molecule has 0 aliphatic rings. The molecule has 0 saturated heterocycles. The van der Waals surface area contributed by atoms with Crippen molar-refractivity contribution in [1.82, 2.24) is 13.8 Å². The lowest BCUT2D eigenvalue weighted by Gasteiger charge is -1.95. The Morgan fingerprint density at radius 1 is 1.31 bits per heavy atom. The number of fused-ring (bicyclic) bond motifs is 2. The van der Waals surface area contributed by atoms with Crippen molar-refractivity contribution in [2.24, 2.45) is 0 Å². The molecule has 4 nitrogen and oxygen atoms in total. The molecule has 3 heterocycles. The first-order chi connectivity index (χ1) is 6.36. The van der Waals surface area contributed by atoms with E-state index in [0.717, 1.165) is 5.65 Å². The van der Waals surface area contributed by atoms with Crippen LogP contribution in [0.15, 0.2) is 41.7 Å². The molecule has 3 aromatic rings. The molecule has 4 heteroatoms. The Kier molecular flexibility index (Phi) is 1.02. The number of nitrogens with zero attached hydrogens (tertiary/aromatic N) is 2. The normalized spacial score (nSPS) is 11.4. The number of nitrogens with one attached hydrogen (secondary N) is 1. The van der Waals surface area contributed by atoms with Crippen LogP contribution in [0.2, 0.25) is 0 Å². The molecule has 0 spiro atoms. The van der Waals surface area contributed by atoms with E-state index < -0.39 is 0 Å². The van der Waals surface area contributed by atoms with Gasteiger partial charge in [-0.1, -0.05) is 0 Å². The fourth-order valence-corrected chi connectivity index (χ4v) is 1.57. The third-order valence-electron chi connectivity index (χ3n) is 2.19. The average Bonchev–Trinajstić information content (AvgIpc) is 2.71. The largest absolute Gasteiger partial charge is 0.345 e. The zero-order chi connectivity index (χ0) is 8.84. The number of rotatable bonds is 0. The minimum atomic E-state index is 0.00347. The first-order valence-electron chi connectivity index (χ1n) is 4.02. The lowest BCUT2D eigenvalue weighted by Crippen LogP contribution is -2.13. The van der Waals surface area contributed by atoms with E-state index in [1.807, 2.05) is 28.9 Å². The van der Waals surface area contributed by atoms with Crippen molar-refractivity contribution in [3.05, 3.63) is 47.3 Å². The highest BCUT2D eigenvalue weighted by Crippen LogP contribution is 2.01. The van der Waals surface area contributed by atoms with Gasteiger partial charge in [-0.15, -0.1) is 0 Å². The molecule has 0 atom stereocenters. The summed E-state index contributed by atoms with van der Waals surface area (Å²) in [6.45, 7) is 0. The summed E-state index contributed by atoms with van der Waals surface area (Å²) >= 11 is 0. The van der Waals surface area contributed by atoms with Gasteiger partial charge in [0.15, 0.2) is 0 Å². The summed E-state index contributed by atoms with van der Waals surface area (Å²) in [7, 11) is 0. The first-order valence-corrected chi connectivity index (χ1v) is 4.02. The number of aromatic nitrogens is 3. The summed E-state index contributed by atoms with van der Waals surface area (Å²) in [5.74, 6) is 0. The zero-order valence-corrected chi connectivity index (χ0v) is 6.77. The van der Waals surface area contributed by atoms with Gasteiger partial charge in [-0.3, -0.25) is 9.20 Å². The van der Waals surface area contributed by atoms with Gasteiger partial charge in [-0.2, -0.15) is 0 Å². The summed E-state index contributed by atoms with van der Waals surface area (Å²) in [6, 6.07) is 3.66. The van der Waals surface area contributed by atoms with Gasteiger partial charge in [0.1, 0.15) is 11.2 Å². The van der Waals surface area contributed by atoms with Crippen LogP contribution >= 0.6 is 0 Å². The monoisotopic (exact) mass is 173 g/mol. The van der Waals surface area contributed by atoms with Gasteiger partial charge in [0, 0.05) is 18.6 Å². The van der Waals surface area contributed by atoms with Crippen molar-refractivity contribution in [3.8, 4) is 0 Å². The minimum Gasteiger partial charge on any atom is -0.345 e. The predicted octanol–water partition coefficient (Wildman–Crippen LogP) is 0.880. The third kappa shape index (κ3) is 0.717. The predicted molar refractivity (Wildman–Crippen MR) is 49.0 cm³/mol. The Morgan fingerprint density at radius 3 is 3.15 bits per heavy atom. The van der Waals surface area contributed by atoms with Crippen LogP contribution in [0.1, 0.15) is 0 Å². The third-order valence-corrected chi connectivity index (χ3v) is 2.19. The molecule has 0 unspecified atom stereocenters. The van der Waals surface area contributed by atoms with Gasteiger partial charge in [-0.25, -0.2) is 0 Å². The molecule has 13 heavy (non-hydrogen) atoms. The standard InChI is InChI=1S/C9H7N3O/c13-9-7-2-1-4-11(7)6-8-10-3-5-12(8)9/h1-6,10H. The van der Waals surface area contributed by atoms with Crippen LogP contribution in [0, 0.1) is 0 Å². The van der Waals surface area contributed by atoms with Gasteiger partial charge < -0.3 is 9.38 Å². The van der Waals surface area contributed by atoms with Crippen LogP contribution in [0.25, 0.3) is 11.2 Å². The fraction of sp³-hybridized carbons (Fsp3) is 0. The molecular formula is C9H7N3O. The molecule has 0 fully saturated rings. The second kappa shape index (κ2) is 2.04. The van der Waals surface area contributed by atoms with Gasteiger partial charge in [-0.05, 0) is 12.1 Å². The van der Waals surface area contributed by atoms with Crippen LogP contribution < -0.4 is 5.56 Å². The smallest absolute Gasteiger partial charge is 0.280 e. The lowest BCUT2D eigenvalue weighted by molar-refractivity contribution is 1.06. The second-order valence-electron chi connectivity index (χ2n) is 2.95. The summed E-state index contributed by atoms with van der Waals surface area (Å²) < 4.78 is 3.41. The van der Waals surface area contributed by atoms with Crippen molar-refractivity contribution in [2.75, 3.05) is 0 Å². The lowest BCUT2D eigenvalue weighted by atomic mass is 10.5. The molecule has 3 aromatic heterocycles. The van der Waals surface area contributed by atoms with Crippen LogP contribution in [0.3, 0.4) is 0 Å². The number of H-pyrrole nitrogens is 1. The van der Waals surface area contributed by atoms with Crippen LogP contribution in [-0.2, 0) is 0 Å². The number of hydrogen-bond donors (Lipinski definition) is 1. The van der Waals surface area contributed by atoms with Crippen LogP contribution in [-0.4, -0.2) is 13.8 Å². The Bertz CT molecular complexity index is 577. The number of imidazole rings is 1. The SMILES string of the molecule is O=c1c2cccn2cc2[nH]ccn12. The van der Waals surface area contributed by atoms with E-state index >= 15 is 0 Å². The van der Waals surface area contributed by atoms with Crippen molar-refractivity contribution in [3.63, 3.8) is 0 Å². The van der Waals surface area contributed by atoms with Crippen LogP contribution in [0.4, 0.5) is 0 Å². The van der Waals surface area contributed by atoms with E-state index in [1.165, 1.54) is 0 Å². The Hall–Kier alpha value is -1.97. The highest BCUT2D eigenvalue weighted by atomic mass is 16.1. The van der Waals surface area contributed by atoms with E-state index in [-0.39, 0.29) is 5.56 Å². The van der Waals surface area contributed by atoms with E-state index in [0.29, 0.717) is 5.52 Å². The molecule has 0 bridgehead atoms. The Morgan fingerprint density at radius 2 is 2.23 bits per heavy atom. The molecule has 64 valence electrons. The maximum Gasteiger partial charge on any atom is 0.280 e. The van der Waals surface area contributed by atoms with Crippen molar-refractivity contribution < 1.29 is 0 Å². The fourth-order valence-electron chi connectivity index (χ4n) is 1.57. The molecule has 0 amide bonds. The van der Waals surface area contributed by atoms with Gasteiger partial charge >= 0.3 is 0 Å². The first kappa shape index (κ1) is 6.54. The van der Waals surface area contributed by atoms with Crippen molar-refractivity contribution >= 4 is 11.2 Å². The molecule has 1 N–H and O–H groups in total. The van der Waals surface area contributed by atoms with E-state index in [2.05, 4.69) is 4.98 Å². The molecule has 0 radical (unpaired) electrons. The maximum absolute atomic E-state index is 11.7. The van der Waals surface area contributed by atoms with Crippen LogP contribution in [0.5, 0.6) is 0 Å². The summed E-state index contributed by atoms with van der Waals surface area (Å²) in [5.41, 5.74) is 1.49. The molecular weight excluding hydrogens is 166 g/mol. The molecule has 0 aliphatic carbocycles. The molecule has 3 rings (SSSR count). The van der Waals surface area contributed by atoms with Crippen molar-refractivity contribution in [2.45, 2.75) is 0 Å². The number of hydrogen-bond acceptors (Lipinski definition) is 1.